The van der Waals surface area contributed by atoms with Gasteiger partial charge in [0.2, 0.25) is 5.91 Å². The SMILES string of the molecule is CC(=O)c1ccc(NC(=O)CNC(=O)c2cccc(Cl)c2)cc1. The molecule has 2 amide bonds. The van der Waals surface area contributed by atoms with Crippen LogP contribution in [0, 0.1) is 0 Å². The van der Waals surface area contributed by atoms with Crippen molar-refractivity contribution >= 4 is 34.9 Å². The highest BCUT2D eigenvalue weighted by atomic mass is 35.5. The maximum Gasteiger partial charge on any atom is 0.251 e. The third-order valence-corrected chi connectivity index (χ3v) is 3.31. The van der Waals surface area contributed by atoms with Gasteiger partial charge in [0.1, 0.15) is 0 Å². The Labute approximate surface area is 138 Å². The summed E-state index contributed by atoms with van der Waals surface area (Å²) in [5.41, 5.74) is 1.50. The largest absolute Gasteiger partial charge is 0.343 e. The smallest absolute Gasteiger partial charge is 0.251 e. The Bertz CT molecular complexity index is 742. The summed E-state index contributed by atoms with van der Waals surface area (Å²) in [6.45, 7) is 1.30. The van der Waals surface area contributed by atoms with E-state index in [9.17, 15) is 14.4 Å². The monoisotopic (exact) mass is 330 g/mol. The lowest BCUT2D eigenvalue weighted by molar-refractivity contribution is -0.115. The molecule has 0 saturated heterocycles. The number of amides is 2. The molecular formula is C17H15ClN2O3. The minimum atomic E-state index is -0.380. The van der Waals surface area contributed by atoms with Crippen molar-refractivity contribution in [3.05, 3.63) is 64.7 Å². The van der Waals surface area contributed by atoms with Gasteiger partial charge in [-0.15, -0.1) is 0 Å². The third kappa shape index (κ3) is 4.93. The predicted molar refractivity (Wildman–Crippen MR) is 88.9 cm³/mol. The van der Waals surface area contributed by atoms with E-state index in [0.29, 0.717) is 21.8 Å². The average Bonchev–Trinajstić information content (AvgIpc) is 2.53. The summed E-state index contributed by atoms with van der Waals surface area (Å²) in [6, 6.07) is 13.0. The highest BCUT2D eigenvalue weighted by Gasteiger charge is 2.09. The standard InChI is InChI=1S/C17H15ClN2O3/c1-11(21)12-5-7-15(8-6-12)20-16(22)10-19-17(23)13-3-2-4-14(18)9-13/h2-9H,10H2,1H3,(H,19,23)(H,20,22). The van der Waals surface area contributed by atoms with E-state index in [2.05, 4.69) is 10.6 Å². The Morgan fingerprint density at radius 2 is 1.70 bits per heavy atom. The van der Waals surface area contributed by atoms with Crippen LogP contribution in [0.15, 0.2) is 48.5 Å². The van der Waals surface area contributed by atoms with E-state index in [1.165, 1.54) is 13.0 Å². The molecule has 118 valence electrons. The zero-order chi connectivity index (χ0) is 16.8. The van der Waals surface area contributed by atoms with E-state index in [1.807, 2.05) is 0 Å². The summed E-state index contributed by atoms with van der Waals surface area (Å²) in [6.07, 6.45) is 0. The molecule has 0 aliphatic rings. The first kappa shape index (κ1) is 16.7. The van der Waals surface area contributed by atoms with E-state index in [1.54, 1.807) is 42.5 Å². The molecule has 0 heterocycles. The molecule has 0 saturated carbocycles. The van der Waals surface area contributed by atoms with Crippen molar-refractivity contribution in [2.24, 2.45) is 0 Å². The van der Waals surface area contributed by atoms with Gasteiger partial charge in [-0.3, -0.25) is 14.4 Å². The Kier molecular flexibility index (Phi) is 5.49. The van der Waals surface area contributed by atoms with Crippen molar-refractivity contribution in [3.63, 3.8) is 0 Å². The predicted octanol–water partition coefficient (Wildman–Crippen LogP) is 2.91. The lowest BCUT2D eigenvalue weighted by Crippen LogP contribution is -2.32. The summed E-state index contributed by atoms with van der Waals surface area (Å²) < 4.78 is 0. The van der Waals surface area contributed by atoms with Gasteiger partial charge in [0.25, 0.3) is 5.91 Å². The van der Waals surface area contributed by atoms with Crippen LogP contribution in [-0.2, 0) is 4.79 Å². The molecular weight excluding hydrogens is 316 g/mol. The molecule has 0 spiro atoms. The number of hydrogen-bond donors (Lipinski definition) is 2. The van der Waals surface area contributed by atoms with Crippen molar-refractivity contribution in [2.45, 2.75) is 6.92 Å². The molecule has 0 radical (unpaired) electrons. The van der Waals surface area contributed by atoms with Crippen LogP contribution in [0.4, 0.5) is 5.69 Å². The first-order valence-corrected chi connectivity index (χ1v) is 7.28. The van der Waals surface area contributed by atoms with Crippen LogP contribution < -0.4 is 10.6 Å². The van der Waals surface area contributed by atoms with Gasteiger partial charge in [-0.2, -0.15) is 0 Å². The second-order valence-corrected chi connectivity index (χ2v) is 5.31. The molecule has 5 nitrogen and oxygen atoms in total. The quantitative estimate of drug-likeness (QED) is 0.828. The summed E-state index contributed by atoms with van der Waals surface area (Å²) >= 11 is 5.81. The Morgan fingerprint density at radius 1 is 1.00 bits per heavy atom. The van der Waals surface area contributed by atoms with Crippen LogP contribution in [0.2, 0.25) is 5.02 Å². The van der Waals surface area contributed by atoms with Crippen molar-refractivity contribution < 1.29 is 14.4 Å². The highest BCUT2D eigenvalue weighted by Crippen LogP contribution is 2.11. The van der Waals surface area contributed by atoms with Crippen LogP contribution in [0.1, 0.15) is 27.6 Å². The average molecular weight is 331 g/mol. The molecule has 0 unspecified atom stereocenters. The van der Waals surface area contributed by atoms with Gasteiger partial charge >= 0.3 is 0 Å². The van der Waals surface area contributed by atoms with Gasteiger partial charge in [-0.05, 0) is 49.4 Å². The summed E-state index contributed by atoms with van der Waals surface area (Å²) in [4.78, 5) is 34.9. The molecule has 0 fully saturated rings. The summed E-state index contributed by atoms with van der Waals surface area (Å²) in [7, 11) is 0. The number of anilines is 1. The molecule has 0 aliphatic carbocycles. The molecule has 6 heteroatoms. The second-order valence-electron chi connectivity index (χ2n) is 4.87. The number of hydrogen-bond acceptors (Lipinski definition) is 3. The van der Waals surface area contributed by atoms with Gasteiger partial charge in [0.15, 0.2) is 5.78 Å². The number of benzene rings is 2. The van der Waals surface area contributed by atoms with E-state index < -0.39 is 0 Å². The molecule has 0 aromatic heterocycles. The Hall–Kier alpha value is -2.66. The maximum absolute atomic E-state index is 11.9. The van der Waals surface area contributed by atoms with E-state index in [-0.39, 0.29) is 24.1 Å². The fraction of sp³-hybridized carbons (Fsp3) is 0.118. The number of nitrogens with one attached hydrogen (secondary N) is 2. The topological polar surface area (TPSA) is 75.3 Å². The molecule has 0 bridgehead atoms. The zero-order valence-corrected chi connectivity index (χ0v) is 13.2. The van der Waals surface area contributed by atoms with Crippen molar-refractivity contribution in [1.82, 2.24) is 5.32 Å². The van der Waals surface area contributed by atoms with Crippen LogP contribution in [0.5, 0.6) is 0 Å². The van der Waals surface area contributed by atoms with Crippen LogP contribution in [-0.4, -0.2) is 24.1 Å². The van der Waals surface area contributed by atoms with Gasteiger partial charge in [-0.25, -0.2) is 0 Å². The van der Waals surface area contributed by atoms with Crippen LogP contribution in [0.25, 0.3) is 0 Å². The maximum atomic E-state index is 11.9. The van der Waals surface area contributed by atoms with Gasteiger partial charge in [-0.1, -0.05) is 17.7 Å². The van der Waals surface area contributed by atoms with E-state index in [0.717, 1.165) is 0 Å². The number of rotatable bonds is 5. The first-order chi connectivity index (χ1) is 11.0. The minimum absolute atomic E-state index is 0.0448. The Balaban J connectivity index is 1.87. The van der Waals surface area contributed by atoms with Crippen LogP contribution in [0.3, 0.4) is 0 Å². The van der Waals surface area contributed by atoms with Crippen molar-refractivity contribution in [1.29, 1.82) is 0 Å². The van der Waals surface area contributed by atoms with Crippen molar-refractivity contribution in [3.8, 4) is 0 Å². The molecule has 2 aromatic rings. The van der Waals surface area contributed by atoms with Crippen LogP contribution >= 0.6 is 11.6 Å². The molecule has 0 aliphatic heterocycles. The Morgan fingerprint density at radius 3 is 2.30 bits per heavy atom. The lowest BCUT2D eigenvalue weighted by atomic mass is 10.1. The fourth-order valence-electron chi connectivity index (χ4n) is 1.89. The zero-order valence-electron chi connectivity index (χ0n) is 12.4. The fourth-order valence-corrected chi connectivity index (χ4v) is 2.08. The summed E-state index contributed by atoms with van der Waals surface area (Å²) in [5.74, 6) is -0.790. The summed E-state index contributed by atoms with van der Waals surface area (Å²) in [5, 5.41) is 5.60. The molecule has 23 heavy (non-hydrogen) atoms. The molecule has 2 rings (SSSR count). The second kappa shape index (κ2) is 7.56. The molecule has 2 aromatic carbocycles. The van der Waals surface area contributed by atoms with Gasteiger partial charge in [0.05, 0.1) is 6.54 Å². The number of carbonyl (C=O) groups is 3. The van der Waals surface area contributed by atoms with Gasteiger partial charge in [0, 0.05) is 21.8 Å². The van der Waals surface area contributed by atoms with E-state index >= 15 is 0 Å². The number of halogens is 1. The number of Topliss-reactive ketones (excluding diaryl/α,β-unsaturated/α-hetero) is 1. The first-order valence-electron chi connectivity index (χ1n) is 6.90. The number of carbonyl (C=O) groups excluding carboxylic acids is 3. The molecule has 0 atom stereocenters. The van der Waals surface area contributed by atoms with Crippen molar-refractivity contribution in [2.75, 3.05) is 11.9 Å². The normalized spacial score (nSPS) is 10.0. The van der Waals surface area contributed by atoms with Gasteiger partial charge < -0.3 is 10.6 Å². The third-order valence-electron chi connectivity index (χ3n) is 3.07. The highest BCUT2D eigenvalue weighted by molar-refractivity contribution is 6.31. The van der Waals surface area contributed by atoms with E-state index in [4.69, 9.17) is 11.6 Å². The number of ketones is 1. The minimum Gasteiger partial charge on any atom is -0.343 e. The lowest BCUT2D eigenvalue weighted by Gasteiger charge is -2.07. The molecule has 2 N–H and O–H groups in total.